The van der Waals surface area contributed by atoms with E-state index in [1.54, 1.807) is 24.3 Å². The van der Waals surface area contributed by atoms with Crippen LogP contribution in [0.4, 0.5) is 8.78 Å². The summed E-state index contributed by atoms with van der Waals surface area (Å²) in [6.45, 7) is 0. The van der Waals surface area contributed by atoms with Gasteiger partial charge in [0.15, 0.2) is 0 Å². The van der Waals surface area contributed by atoms with Crippen LogP contribution in [-0.2, 0) is 11.2 Å². The number of benzene rings is 2. The van der Waals surface area contributed by atoms with Gasteiger partial charge >= 0.3 is 0 Å². The van der Waals surface area contributed by atoms with Crippen molar-refractivity contribution in [2.75, 3.05) is 0 Å². The predicted octanol–water partition coefficient (Wildman–Crippen LogP) is 4.91. The number of hydrogen-bond acceptors (Lipinski definition) is 5. The minimum Gasteiger partial charge on any atom is -0.344 e. The number of nitrogens with one attached hydrogen (secondary N) is 1. The molecule has 0 spiro atoms. The summed E-state index contributed by atoms with van der Waals surface area (Å²) in [6.07, 6.45) is 0.411. The molecule has 4 rings (SSSR count). The van der Waals surface area contributed by atoms with Crippen LogP contribution in [0.5, 0.6) is 0 Å². The summed E-state index contributed by atoms with van der Waals surface area (Å²) in [4.78, 5) is 17.8. The average Bonchev–Trinajstić information content (AvgIpc) is 3.44. The van der Waals surface area contributed by atoms with E-state index in [4.69, 9.17) is 4.52 Å². The third-order valence-electron chi connectivity index (χ3n) is 4.47. The van der Waals surface area contributed by atoms with E-state index in [0.717, 1.165) is 10.4 Å². The molecule has 30 heavy (non-hydrogen) atoms. The Hall–Kier alpha value is -3.39. The molecule has 0 bridgehead atoms. The number of rotatable bonds is 7. The van der Waals surface area contributed by atoms with E-state index in [2.05, 4.69) is 15.5 Å². The SMILES string of the molecule is O=C(CCc1nc(-c2ccc(F)cc2)no1)NC(c1ccc(F)cc1)c1cccs1. The average molecular weight is 425 g/mol. The lowest BCUT2D eigenvalue weighted by atomic mass is 10.0. The number of hydrogen-bond donors (Lipinski definition) is 1. The first-order valence-corrected chi connectivity index (χ1v) is 10.1. The first-order chi connectivity index (χ1) is 14.6. The van der Waals surface area contributed by atoms with Crippen molar-refractivity contribution in [2.45, 2.75) is 18.9 Å². The van der Waals surface area contributed by atoms with Crippen LogP contribution >= 0.6 is 11.3 Å². The van der Waals surface area contributed by atoms with Crippen molar-refractivity contribution in [2.24, 2.45) is 0 Å². The molecule has 1 N–H and O–H groups in total. The fourth-order valence-electron chi connectivity index (χ4n) is 2.96. The summed E-state index contributed by atoms with van der Waals surface area (Å²) < 4.78 is 31.5. The highest BCUT2D eigenvalue weighted by Gasteiger charge is 2.19. The molecule has 1 amide bonds. The van der Waals surface area contributed by atoms with Crippen LogP contribution in [0.1, 0.15) is 28.8 Å². The van der Waals surface area contributed by atoms with E-state index in [1.807, 2.05) is 17.5 Å². The fraction of sp³-hybridized carbons (Fsp3) is 0.136. The zero-order valence-corrected chi connectivity index (χ0v) is 16.5. The zero-order chi connectivity index (χ0) is 20.9. The quantitative estimate of drug-likeness (QED) is 0.457. The lowest BCUT2D eigenvalue weighted by Gasteiger charge is -2.18. The van der Waals surface area contributed by atoms with Gasteiger partial charge in [-0.05, 0) is 53.4 Å². The highest BCUT2D eigenvalue weighted by molar-refractivity contribution is 7.10. The number of carbonyl (C=O) groups excluding carboxylic acids is 1. The maximum Gasteiger partial charge on any atom is 0.227 e. The highest BCUT2D eigenvalue weighted by Crippen LogP contribution is 2.26. The van der Waals surface area contributed by atoms with Crippen LogP contribution in [0.25, 0.3) is 11.4 Å². The van der Waals surface area contributed by atoms with E-state index >= 15 is 0 Å². The van der Waals surface area contributed by atoms with Gasteiger partial charge in [-0.3, -0.25) is 4.79 Å². The molecule has 0 saturated heterocycles. The molecule has 0 radical (unpaired) electrons. The molecule has 152 valence electrons. The Labute approximate surface area is 175 Å². The van der Waals surface area contributed by atoms with Crippen LogP contribution < -0.4 is 5.32 Å². The molecule has 0 aliphatic heterocycles. The summed E-state index contributed by atoms with van der Waals surface area (Å²) in [5.74, 6) is -0.213. The van der Waals surface area contributed by atoms with Gasteiger partial charge in [-0.25, -0.2) is 8.78 Å². The van der Waals surface area contributed by atoms with Crippen LogP contribution in [-0.4, -0.2) is 16.0 Å². The van der Waals surface area contributed by atoms with Gasteiger partial charge in [0.25, 0.3) is 0 Å². The first-order valence-electron chi connectivity index (χ1n) is 9.25. The molecule has 1 unspecified atom stereocenters. The molecular formula is C22H17F2N3O2S. The molecule has 0 aliphatic rings. The number of carbonyl (C=O) groups is 1. The molecule has 8 heteroatoms. The summed E-state index contributed by atoms with van der Waals surface area (Å²) >= 11 is 1.51. The Morgan fingerprint density at radius 2 is 1.73 bits per heavy atom. The summed E-state index contributed by atoms with van der Waals surface area (Å²) in [5.41, 5.74) is 1.42. The number of halogens is 2. The van der Waals surface area contributed by atoms with Gasteiger partial charge in [0.2, 0.25) is 17.6 Å². The van der Waals surface area contributed by atoms with E-state index in [9.17, 15) is 13.6 Å². The van der Waals surface area contributed by atoms with E-state index in [-0.39, 0.29) is 36.4 Å². The Kier molecular flexibility index (Phi) is 5.94. The van der Waals surface area contributed by atoms with Crippen LogP contribution in [0.2, 0.25) is 0 Å². The Morgan fingerprint density at radius 3 is 2.40 bits per heavy atom. The lowest BCUT2D eigenvalue weighted by molar-refractivity contribution is -0.121. The van der Waals surface area contributed by atoms with Gasteiger partial charge in [-0.1, -0.05) is 23.4 Å². The monoisotopic (exact) mass is 425 g/mol. The predicted molar refractivity (Wildman–Crippen MR) is 109 cm³/mol. The molecule has 5 nitrogen and oxygen atoms in total. The topological polar surface area (TPSA) is 68.0 Å². The Bertz CT molecular complexity index is 1110. The molecule has 0 aliphatic carbocycles. The number of aromatic nitrogens is 2. The van der Waals surface area contributed by atoms with Crippen molar-refractivity contribution in [1.29, 1.82) is 0 Å². The van der Waals surface area contributed by atoms with E-state index < -0.39 is 0 Å². The molecule has 0 saturated carbocycles. The number of amides is 1. The molecule has 2 heterocycles. The van der Waals surface area contributed by atoms with Crippen LogP contribution in [0.3, 0.4) is 0 Å². The zero-order valence-electron chi connectivity index (χ0n) is 15.7. The van der Waals surface area contributed by atoms with E-state index in [0.29, 0.717) is 17.3 Å². The first kappa shape index (κ1) is 19.9. The van der Waals surface area contributed by atoms with Crippen molar-refractivity contribution in [1.82, 2.24) is 15.5 Å². The van der Waals surface area contributed by atoms with Crippen molar-refractivity contribution >= 4 is 17.2 Å². The van der Waals surface area contributed by atoms with Gasteiger partial charge in [0.1, 0.15) is 11.6 Å². The van der Waals surface area contributed by atoms with Gasteiger partial charge in [0.05, 0.1) is 6.04 Å². The number of thiophene rings is 1. The molecule has 2 aromatic heterocycles. The third-order valence-corrected chi connectivity index (χ3v) is 5.41. The number of nitrogens with zero attached hydrogens (tertiary/aromatic N) is 2. The summed E-state index contributed by atoms with van der Waals surface area (Å²) in [7, 11) is 0. The van der Waals surface area contributed by atoms with E-state index in [1.165, 1.54) is 35.6 Å². The Balaban J connectivity index is 1.40. The maximum atomic E-state index is 13.3. The third kappa shape index (κ3) is 4.77. The van der Waals surface area contributed by atoms with Gasteiger partial charge in [-0.15, -0.1) is 11.3 Å². The van der Waals surface area contributed by atoms with Crippen molar-refractivity contribution in [3.63, 3.8) is 0 Å². The molecular weight excluding hydrogens is 408 g/mol. The molecule has 0 fully saturated rings. The minimum absolute atomic E-state index is 0.147. The highest BCUT2D eigenvalue weighted by atomic mass is 32.1. The second kappa shape index (κ2) is 8.96. The second-order valence-electron chi connectivity index (χ2n) is 6.59. The van der Waals surface area contributed by atoms with Crippen LogP contribution in [0.15, 0.2) is 70.6 Å². The van der Waals surface area contributed by atoms with Crippen molar-refractivity contribution in [3.05, 3.63) is 94.0 Å². The Morgan fingerprint density at radius 1 is 1.03 bits per heavy atom. The summed E-state index contributed by atoms with van der Waals surface area (Å²) in [6, 6.07) is 15.3. The molecule has 1 atom stereocenters. The largest absolute Gasteiger partial charge is 0.344 e. The number of aryl methyl sites for hydroxylation is 1. The second-order valence-corrected chi connectivity index (χ2v) is 7.57. The summed E-state index contributed by atoms with van der Waals surface area (Å²) in [5, 5.41) is 8.79. The van der Waals surface area contributed by atoms with Gasteiger partial charge in [0, 0.05) is 23.3 Å². The molecule has 4 aromatic rings. The maximum absolute atomic E-state index is 13.3. The van der Waals surface area contributed by atoms with Crippen molar-refractivity contribution < 1.29 is 18.1 Å². The smallest absolute Gasteiger partial charge is 0.227 e. The fourth-order valence-corrected chi connectivity index (χ4v) is 3.76. The minimum atomic E-state index is -0.365. The normalized spacial score (nSPS) is 11.9. The van der Waals surface area contributed by atoms with Gasteiger partial charge < -0.3 is 9.84 Å². The van der Waals surface area contributed by atoms with Gasteiger partial charge in [-0.2, -0.15) is 4.98 Å². The van der Waals surface area contributed by atoms with Crippen molar-refractivity contribution in [3.8, 4) is 11.4 Å². The van der Waals surface area contributed by atoms with Crippen LogP contribution in [0, 0.1) is 11.6 Å². The molecule has 2 aromatic carbocycles. The lowest BCUT2D eigenvalue weighted by Crippen LogP contribution is -2.29. The standard InChI is InChI=1S/C22H17F2N3O2S/c23-16-7-3-14(4-8-16)21(18-2-1-13-30-18)25-19(28)11-12-20-26-22(27-29-20)15-5-9-17(24)10-6-15/h1-10,13,21H,11-12H2,(H,25,28).